The summed E-state index contributed by atoms with van der Waals surface area (Å²) in [6.07, 6.45) is 3.04. The molecule has 0 amide bonds. The molecular weight excluding hydrogens is 240 g/mol. The number of benzene rings is 1. The van der Waals surface area contributed by atoms with Gasteiger partial charge in [0.05, 0.1) is 4.92 Å². The molecule has 2 rings (SSSR count). The van der Waals surface area contributed by atoms with Gasteiger partial charge in [0.25, 0.3) is 5.69 Å². The van der Waals surface area contributed by atoms with E-state index in [1.54, 1.807) is 12.1 Å². The van der Waals surface area contributed by atoms with Crippen molar-refractivity contribution < 1.29 is 4.92 Å². The van der Waals surface area contributed by atoms with Crippen LogP contribution in [0, 0.1) is 30.9 Å². The largest absolute Gasteiger partial charge is 0.351 e. The molecule has 4 heteroatoms. The number of nitro groups is 1. The zero-order valence-electron chi connectivity index (χ0n) is 11.5. The van der Waals surface area contributed by atoms with Gasteiger partial charge in [0, 0.05) is 30.6 Å². The molecule has 2 aromatic rings. The van der Waals surface area contributed by atoms with E-state index in [2.05, 4.69) is 31.5 Å². The molecule has 1 aromatic heterocycles. The Kier molecular flexibility index (Phi) is 3.69. The number of rotatable bonds is 4. The molecular formula is C15H18N2O2. The van der Waals surface area contributed by atoms with E-state index in [1.165, 1.54) is 16.8 Å². The topological polar surface area (TPSA) is 48.1 Å². The van der Waals surface area contributed by atoms with Crippen LogP contribution in [-0.2, 0) is 13.0 Å². The van der Waals surface area contributed by atoms with E-state index >= 15 is 0 Å². The number of hydrogen-bond donors (Lipinski definition) is 0. The van der Waals surface area contributed by atoms with Gasteiger partial charge >= 0.3 is 0 Å². The summed E-state index contributed by atoms with van der Waals surface area (Å²) in [4.78, 5) is 10.2. The fraction of sp³-hybridized carbons (Fsp3) is 0.333. The summed E-state index contributed by atoms with van der Waals surface area (Å²) in [5.74, 6) is 0. The normalized spacial score (nSPS) is 10.7. The van der Waals surface area contributed by atoms with Crippen LogP contribution in [0.5, 0.6) is 0 Å². The van der Waals surface area contributed by atoms with Gasteiger partial charge in [-0.3, -0.25) is 10.1 Å². The fourth-order valence-electron chi connectivity index (χ4n) is 2.19. The van der Waals surface area contributed by atoms with E-state index in [1.807, 2.05) is 12.1 Å². The first-order valence-electron chi connectivity index (χ1n) is 6.35. The highest BCUT2D eigenvalue weighted by molar-refractivity contribution is 5.33. The van der Waals surface area contributed by atoms with Crippen molar-refractivity contribution in [3.63, 3.8) is 0 Å². The molecule has 0 aliphatic carbocycles. The van der Waals surface area contributed by atoms with Crippen molar-refractivity contribution in [2.45, 2.75) is 33.7 Å². The molecule has 0 saturated carbocycles. The average Bonchev–Trinajstić information content (AvgIpc) is 2.64. The smallest absolute Gasteiger partial charge is 0.269 e. The quantitative estimate of drug-likeness (QED) is 0.621. The number of aryl methyl sites for hydroxylation is 3. The van der Waals surface area contributed by atoms with Gasteiger partial charge < -0.3 is 4.57 Å². The first kappa shape index (κ1) is 13.3. The third-order valence-electron chi connectivity index (χ3n) is 3.70. The lowest BCUT2D eigenvalue weighted by Crippen LogP contribution is -2.02. The molecule has 0 saturated heterocycles. The van der Waals surface area contributed by atoms with Gasteiger partial charge in [-0.15, -0.1) is 0 Å². The highest BCUT2D eigenvalue weighted by atomic mass is 16.6. The van der Waals surface area contributed by atoms with Crippen molar-refractivity contribution in [1.29, 1.82) is 0 Å². The van der Waals surface area contributed by atoms with Crippen molar-refractivity contribution in [3.05, 3.63) is 63.0 Å². The second-order valence-electron chi connectivity index (χ2n) is 4.89. The number of hydrogen-bond acceptors (Lipinski definition) is 2. The molecule has 0 spiro atoms. The molecule has 0 unspecified atom stereocenters. The zero-order valence-corrected chi connectivity index (χ0v) is 11.5. The Labute approximate surface area is 112 Å². The second kappa shape index (κ2) is 5.26. The van der Waals surface area contributed by atoms with Gasteiger partial charge in [0.15, 0.2) is 0 Å². The van der Waals surface area contributed by atoms with E-state index in [9.17, 15) is 10.1 Å². The molecule has 0 aliphatic rings. The van der Waals surface area contributed by atoms with E-state index in [0.717, 1.165) is 18.5 Å². The molecule has 1 aromatic carbocycles. The van der Waals surface area contributed by atoms with Crippen LogP contribution >= 0.6 is 0 Å². The average molecular weight is 258 g/mol. The lowest BCUT2D eigenvalue weighted by Gasteiger charge is -2.06. The van der Waals surface area contributed by atoms with Crippen LogP contribution in [0.15, 0.2) is 30.5 Å². The molecule has 1 heterocycles. The van der Waals surface area contributed by atoms with Crippen molar-refractivity contribution in [2.75, 3.05) is 0 Å². The van der Waals surface area contributed by atoms with Crippen LogP contribution in [0.2, 0.25) is 0 Å². The lowest BCUT2D eigenvalue weighted by molar-refractivity contribution is -0.384. The van der Waals surface area contributed by atoms with Crippen LogP contribution in [0.1, 0.15) is 22.4 Å². The number of nitro benzene ring substituents is 1. The maximum Gasteiger partial charge on any atom is 0.269 e. The monoisotopic (exact) mass is 258 g/mol. The Hall–Kier alpha value is -2.10. The Balaban J connectivity index is 2.06. The summed E-state index contributed by atoms with van der Waals surface area (Å²) in [5, 5.41) is 10.6. The van der Waals surface area contributed by atoms with Crippen molar-refractivity contribution in [1.82, 2.24) is 4.57 Å². The second-order valence-corrected chi connectivity index (χ2v) is 4.89. The Morgan fingerprint density at radius 3 is 2.26 bits per heavy atom. The molecule has 19 heavy (non-hydrogen) atoms. The van der Waals surface area contributed by atoms with E-state index in [-0.39, 0.29) is 10.6 Å². The predicted octanol–water partition coefficient (Wildman–Crippen LogP) is 3.56. The van der Waals surface area contributed by atoms with Gasteiger partial charge in [0.2, 0.25) is 0 Å². The predicted molar refractivity (Wildman–Crippen MR) is 75.4 cm³/mol. The molecule has 0 aliphatic heterocycles. The number of non-ortho nitro benzene ring substituents is 1. The third kappa shape index (κ3) is 2.84. The summed E-state index contributed by atoms with van der Waals surface area (Å²) in [5.41, 5.74) is 5.20. The third-order valence-corrected chi connectivity index (χ3v) is 3.70. The molecule has 0 fully saturated rings. The molecule has 0 N–H and O–H groups in total. The van der Waals surface area contributed by atoms with Crippen LogP contribution in [-0.4, -0.2) is 9.49 Å². The molecule has 0 atom stereocenters. The van der Waals surface area contributed by atoms with Gasteiger partial charge in [-0.25, -0.2) is 0 Å². The minimum absolute atomic E-state index is 0.146. The number of aromatic nitrogens is 1. The van der Waals surface area contributed by atoms with Crippen LogP contribution < -0.4 is 0 Å². The van der Waals surface area contributed by atoms with Crippen LogP contribution in [0.4, 0.5) is 5.69 Å². The maximum absolute atomic E-state index is 10.6. The Bertz CT molecular complexity index is 597. The highest BCUT2D eigenvalue weighted by Crippen LogP contribution is 2.16. The van der Waals surface area contributed by atoms with Crippen LogP contribution in [0.25, 0.3) is 0 Å². The van der Waals surface area contributed by atoms with E-state index < -0.39 is 0 Å². The highest BCUT2D eigenvalue weighted by Gasteiger charge is 2.06. The summed E-state index contributed by atoms with van der Waals surface area (Å²) >= 11 is 0. The SMILES string of the molecule is Cc1cn(CCc2ccc([N+](=O)[O-])cc2)c(C)c1C. The Morgan fingerprint density at radius 1 is 1.16 bits per heavy atom. The minimum atomic E-state index is -0.368. The Morgan fingerprint density at radius 2 is 1.79 bits per heavy atom. The summed E-state index contributed by atoms with van der Waals surface area (Å²) in [7, 11) is 0. The molecule has 4 nitrogen and oxygen atoms in total. The standard InChI is InChI=1S/C15H18N2O2/c1-11-10-16(13(3)12(11)2)9-8-14-4-6-15(7-5-14)17(18)19/h4-7,10H,8-9H2,1-3H3. The van der Waals surface area contributed by atoms with E-state index in [4.69, 9.17) is 0 Å². The number of nitrogens with zero attached hydrogens (tertiary/aromatic N) is 2. The van der Waals surface area contributed by atoms with Crippen molar-refractivity contribution in [3.8, 4) is 0 Å². The molecule has 0 radical (unpaired) electrons. The molecule has 100 valence electrons. The van der Waals surface area contributed by atoms with Gasteiger partial charge in [-0.1, -0.05) is 12.1 Å². The zero-order chi connectivity index (χ0) is 14.0. The van der Waals surface area contributed by atoms with Gasteiger partial charge in [-0.05, 0) is 43.9 Å². The van der Waals surface area contributed by atoms with E-state index in [0.29, 0.717) is 0 Å². The lowest BCUT2D eigenvalue weighted by atomic mass is 10.1. The first-order chi connectivity index (χ1) is 8.99. The fourth-order valence-corrected chi connectivity index (χ4v) is 2.19. The maximum atomic E-state index is 10.6. The minimum Gasteiger partial charge on any atom is -0.351 e. The summed E-state index contributed by atoms with van der Waals surface area (Å²) in [6, 6.07) is 6.79. The van der Waals surface area contributed by atoms with Crippen LogP contribution in [0.3, 0.4) is 0 Å². The first-order valence-corrected chi connectivity index (χ1v) is 6.35. The van der Waals surface area contributed by atoms with Gasteiger partial charge in [-0.2, -0.15) is 0 Å². The summed E-state index contributed by atoms with van der Waals surface area (Å²) < 4.78 is 2.24. The van der Waals surface area contributed by atoms with Gasteiger partial charge in [0.1, 0.15) is 0 Å². The molecule has 0 bridgehead atoms. The van der Waals surface area contributed by atoms with Crippen molar-refractivity contribution >= 4 is 5.69 Å². The summed E-state index contributed by atoms with van der Waals surface area (Å²) in [6.45, 7) is 7.27. The van der Waals surface area contributed by atoms with Crippen molar-refractivity contribution in [2.24, 2.45) is 0 Å².